The number of rotatable bonds is 8. The highest BCUT2D eigenvalue weighted by molar-refractivity contribution is 6.36. The lowest BCUT2D eigenvalue weighted by atomic mass is 10.0. The molecule has 0 bridgehead atoms. The van der Waals surface area contributed by atoms with Gasteiger partial charge in [0.2, 0.25) is 0 Å². The Morgan fingerprint density at radius 1 is 1.22 bits per heavy atom. The van der Waals surface area contributed by atoms with Crippen molar-refractivity contribution in [3.8, 4) is 0 Å². The average molecular weight is 477 g/mol. The molecule has 0 N–H and O–H groups in total. The molecular weight excluding hydrogens is 454 g/mol. The topological polar surface area (TPSA) is 45.5 Å². The van der Waals surface area contributed by atoms with E-state index in [-0.39, 0.29) is 5.02 Å². The quantitative estimate of drug-likeness (QED) is 0.204. The fraction of sp³-hybridized carbons (Fsp3) is 0.208. The maximum atomic E-state index is 14.0. The number of pyridine rings is 1. The summed E-state index contributed by atoms with van der Waals surface area (Å²) in [4.78, 5) is 10.6. The Bertz CT molecular complexity index is 1220. The van der Waals surface area contributed by atoms with Gasteiger partial charge >= 0.3 is 0 Å². The van der Waals surface area contributed by atoms with Gasteiger partial charge in [0, 0.05) is 34.1 Å². The maximum absolute atomic E-state index is 14.0. The van der Waals surface area contributed by atoms with Gasteiger partial charge in [-0.3, -0.25) is 4.98 Å². The molecule has 0 aliphatic rings. The van der Waals surface area contributed by atoms with Crippen LogP contribution in [0.1, 0.15) is 31.1 Å². The first-order chi connectivity index (χ1) is 15.4. The molecule has 1 aromatic carbocycles. The van der Waals surface area contributed by atoms with Crippen LogP contribution in [0.4, 0.5) is 4.39 Å². The van der Waals surface area contributed by atoms with E-state index in [1.165, 1.54) is 12.1 Å². The molecule has 0 fully saturated rings. The smallest absolute Gasteiger partial charge is 0.168 e. The number of halogens is 3. The molecule has 0 aliphatic carbocycles. The fourth-order valence-corrected chi connectivity index (χ4v) is 4.08. The summed E-state index contributed by atoms with van der Waals surface area (Å²) in [7, 11) is 3.11. The summed E-state index contributed by atoms with van der Waals surface area (Å²) in [6.07, 6.45) is 6.32. The number of benzene rings is 1. The van der Waals surface area contributed by atoms with Gasteiger partial charge in [-0.15, -0.1) is 0 Å². The monoisotopic (exact) mass is 476 g/mol. The lowest BCUT2D eigenvalue weighted by molar-refractivity contribution is 0.0562. The summed E-state index contributed by atoms with van der Waals surface area (Å²) in [5.74, 6) is 0.462. The number of nitrogens with zero attached hydrogens (tertiary/aromatic N) is 2. The number of aromatic nitrogens is 2. The molecule has 0 amide bonds. The summed E-state index contributed by atoms with van der Waals surface area (Å²) in [5.41, 5.74) is 3.34. The van der Waals surface area contributed by atoms with Crippen molar-refractivity contribution in [2.45, 2.75) is 20.0 Å². The van der Waals surface area contributed by atoms with Crippen molar-refractivity contribution < 1.29 is 18.7 Å². The Hall–Kier alpha value is -2.96. The minimum absolute atomic E-state index is 0.0668. The Labute approximate surface area is 196 Å². The van der Waals surface area contributed by atoms with Gasteiger partial charge < -0.3 is 14.3 Å². The minimum atomic E-state index is -0.624. The molecule has 5 nitrogen and oxygen atoms in total. The van der Waals surface area contributed by atoms with Crippen molar-refractivity contribution in [1.29, 1.82) is 0 Å². The summed E-state index contributed by atoms with van der Waals surface area (Å²) in [6, 6.07) is 6.40. The van der Waals surface area contributed by atoms with Gasteiger partial charge in [-0.1, -0.05) is 35.9 Å². The van der Waals surface area contributed by atoms with Crippen LogP contribution < -0.4 is 4.84 Å². The van der Waals surface area contributed by atoms with Gasteiger partial charge in [-0.05, 0) is 44.2 Å². The molecule has 2 heterocycles. The van der Waals surface area contributed by atoms with Crippen LogP contribution in [0.3, 0.4) is 0 Å². The van der Waals surface area contributed by atoms with Gasteiger partial charge in [0.05, 0.1) is 24.8 Å². The lowest BCUT2D eigenvalue weighted by Gasteiger charge is -2.19. The third-order valence-electron chi connectivity index (χ3n) is 4.94. The molecule has 1 atom stereocenters. The highest BCUT2D eigenvalue weighted by atomic mass is 35.5. The van der Waals surface area contributed by atoms with Gasteiger partial charge in [-0.25, -0.2) is 4.39 Å². The van der Waals surface area contributed by atoms with Crippen LogP contribution in [-0.2, 0) is 9.47 Å². The zero-order valence-corrected chi connectivity index (χ0v) is 19.7. The molecule has 0 spiro atoms. The van der Waals surface area contributed by atoms with Crippen molar-refractivity contribution in [1.82, 2.24) is 9.71 Å². The first-order valence-electron chi connectivity index (χ1n) is 9.75. The SMILES string of the molecule is C=C/C(OC)=C(OC)\C(=C/C)c1cnc2ccn(OC(C)c3c(Cl)ccc(F)c3Cl)c2c1. The van der Waals surface area contributed by atoms with E-state index in [2.05, 4.69) is 11.6 Å². The molecule has 3 aromatic rings. The average Bonchev–Trinajstić information content (AvgIpc) is 3.18. The van der Waals surface area contributed by atoms with Crippen LogP contribution in [0.15, 0.2) is 66.9 Å². The summed E-state index contributed by atoms with van der Waals surface area (Å²) in [6.45, 7) is 7.40. The molecule has 32 heavy (non-hydrogen) atoms. The summed E-state index contributed by atoms with van der Waals surface area (Å²) >= 11 is 12.4. The second kappa shape index (κ2) is 10.1. The molecule has 168 valence electrons. The van der Waals surface area contributed by atoms with E-state index in [0.717, 1.165) is 11.1 Å². The van der Waals surface area contributed by atoms with E-state index in [1.807, 2.05) is 25.1 Å². The van der Waals surface area contributed by atoms with Crippen LogP contribution in [0.2, 0.25) is 10.0 Å². The molecule has 0 radical (unpaired) electrons. The number of hydrogen-bond donors (Lipinski definition) is 0. The van der Waals surface area contributed by atoms with Crippen LogP contribution in [0.25, 0.3) is 16.6 Å². The van der Waals surface area contributed by atoms with Gasteiger partial charge in [0.25, 0.3) is 0 Å². The molecular formula is C24H23Cl2FN2O3. The van der Waals surface area contributed by atoms with E-state index < -0.39 is 11.9 Å². The minimum Gasteiger partial charge on any atom is -0.493 e. The highest BCUT2D eigenvalue weighted by Gasteiger charge is 2.20. The van der Waals surface area contributed by atoms with E-state index in [0.29, 0.717) is 33.1 Å². The van der Waals surface area contributed by atoms with Crippen molar-refractivity contribution >= 4 is 39.8 Å². The van der Waals surface area contributed by atoms with Gasteiger partial charge in [-0.2, -0.15) is 4.73 Å². The van der Waals surface area contributed by atoms with Crippen molar-refractivity contribution in [3.63, 3.8) is 0 Å². The van der Waals surface area contributed by atoms with E-state index in [9.17, 15) is 4.39 Å². The molecule has 0 saturated carbocycles. The van der Waals surface area contributed by atoms with Crippen molar-refractivity contribution in [2.75, 3.05) is 14.2 Å². The number of methoxy groups -OCH3 is 2. The Kier molecular flexibility index (Phi) is 7.48. The largest absolute Gasteiger partial charge is 0.493 e. The molecule has 1 unspecified atom stereocenters. The predicted molar refractivity (Wildman–Crippen MR) is 126 cm³/mol. The second-order valence-electron chi connectivity index (χ2n) is 6.78. The Morgan fingerprint density at radius 2 is 1.97 bits per heavy atom. The maximum Gasteiger partial charge on any atom is 0.168 e. The predicted octanol–water partition coefficient (Wildman–Crippen LogP) is 6.77. The third-order valence-corrected chi connectivity index (χ3v) is 5.65. The van der Waals surface area contributed by atoms with Crippen LogP contribution in [0.5, 0.6) is 0 Å². The van der Waals surface area contributed by atoms with Crippen molar-refractivity contribution in [2.24, 2.45) is 0 Å². The standard InChI is InChI=1S/C24H23Cl2FN2O3/c1-6-16(24(31-5)21(7-2)30-4)15-12-20-19(28-13-15)10-11-29(20)32-14(3)22-17(25)8-9-18(27)23(22)26/h6-14H,2H2,1,3-5H3/b16-6-,24-21-. The van der Waals surface area contributed by atoms with Crippen LogP contribution in [0, 0.1) is 5.82 Å². The van der Waals surface area contributed by atoms with E-state index >= 15 is 0 Å². The van der Waals surface area contributed by atoms with Gasteiger partial charge in [0.15, 0.2) is 17.6 Å². The Balaban J connectivity index is 2.04. The van der Waals surface area contributed by atoms with Crippen LogP contribution in [-0.4, -0.2) is 23.9 Å². The van der Waals surface area contributed by atoms with E-state index in [4.69, 9.17) is 37.5 Å². The zero-order chi connectivity index (χ0) is 23.4. The summed E-state index contributed by atoms with van der Waals surface area (Å²) < 4.78 is 26.5. The highest BCUT2D eigenvalue weighted by Crippen LogP contribution is 2.34. The molecule has 0 saturated heterocycles. The molecule has 8 heteroatoms. The zero-order valence-electron chi connectivity index (χ0n) is 18.2. The Morgan fingerprint density at radius 3 is 2.59 bits per heavy atom. The molecule has 2 aromatic heterocycles. The van der Waals surface area contributed by atoms with Crippen molar-refractivity contribution in [3.05, 3.63) is 93.9 Å². The fourth-order valence-electron chi connectivity index (χ4n) is 3.41. The number of fused-ring (bicyclic) bond motifs is 1. The number of hydrogen-bond acceptors (Lipinski definition) is 4. The molecule has 0 aliphatic heterocycles. The first kappa shape index (κ1) is 23.7. The van der Waals surface area contributed by atoms with Gasteiger partial charge in [0.1, 0.15) is 11.3 Å². The number of ether oxygens (including phenoxy) is 2. The third kappa shape index (κ3) is 4.47. The summed E-state index contributed by atoms with van der Waals surface area (Å²) in [5, 5.41) is 0.254. The number of allylic oxidation sites excluding steroid dienone is 3. The first-order valence-corrected chi connectivity index (χ1v) is 10.5. The van der Waals surface area contributed by atoms with Crippen LogP contribution >= 0.6 is 23.2 Å². The second-order valence-corrected chi connectivity index (χ2v) is 7.57. The van der Waals surface area contributed by atoms with E-state index in [1.54, 1.807) is 44.3 Å². The lowest BCUT2D eigenvalue weighted by Crippen LogP contribution is -2.16. The normalized spacial score (nSPS) is 13.5. The molecule has 3 rings (SSSR count).